The summed E-state index contributed by atoms with van der Waals surface area (Å²) in [6.07, 6.45) is 6.76. The number of fused-ring (bicyclic) bond motifs is 2. The van der Waals surface area contributed by atoms with Crippen LogP contribution < -0.4 is 5.32 Å². The molecule has 0 saturated heterocycles. The van der Waals surface area contributed by atoms with Gasteiger partial charge in [-0.25, -0.2) is 0 Å². The lowest BCUT2D eigenvalue weighted by Gasteiger charge is -2.51. The number of nitrogens with one attached hydrogen (secondary N) is 1. The Kier molecular flexibility index (Phi) is 3.79. The largest absolute Gasteiger partial charge is 0.379 e. The molecule has 2 aromatic carbocycles. The van der Waals surface area contributed by atoms with Crippen LogP contribution in [0, 0.1) is 0 Å². The monoisotopic (exact) mass is 331 g/mol. The Hall–Kier alpha value is -2.35. The first-order chi connectivity index (χ1) is 12.0. The third-order valence-electron chi connectivity index (χ3n) is 6.17. The van der Waals surface area contributed by atoms with Gasteiger partial charge in [-0.15, -0.1) is 0 Å². The van der Waals surface area contributed by atoms with Crippen molar-refractivity contribution in [2.24, 2.45) is 0 Å². The molecule has 25 heavy (non-hydrogen) atoms. The van der Waals surface area contributed by atoms with E-state index < -0.39 is 0 Å². The highest BCUT2D eigenvalue weighted by Crippen LogP contribution is 2.53. The Morgan fingerprint density at radius 1 is 0.960 bits per heavy atom. The van der Waals surface area contributed by atoms with E-state index in [1.54, 1.807) is 6.08 Å². The highest BCUT2D eigenvalue weighted by atomic mass is 16.1. The Bertz CT molecular complexity index is 826. The molecule has 0 atom stereocenters. The minimum absolute atomic E-state index is 0.0519. The summed E-state index contributed by atoms with van der Waals surface area (Å²) >= 11 is 0. The molecule has 2 heteroatoms. The zero-order chi connectivity index (χ0) is 17.5. The van der Waals surface area contributed by atoms with E-state index >= 15 is 0 Å². The van der Waals surface area contributed by atoms with Crippen molar-refractivity contribution in [1.29, 1.82) is 0 Å². The van der Waals surface area contributed by atoms with Crippen molar-refractivity contribution < 1.29 is 4.79 Å². The van der Waals surface area contributed by atoms with Gasteiger partial charge >= 0.3 is 0 Å². The van der Waals surface area contributed by atoms with Crippen molar-refractivity contribution in [3.63, 3.8) is 0 Å². The zero-order valence-corrected chi connectivity index (χ0v) is 15.0. The van der Waals surface area contributed by atoms with Crippen LogP contribution in [0.2, 0.25) is 0 Å². The second kappa shape index (κ2) is 5.87. The predicted molar refractivity (Wildman–Crippen MR) is 103 cm³/mol. The van der Waals surface area contributed by atoms with Gasteiger partial charge in [0.15, 0.2) is 5.78 Å². The molecule has 1 N–H and O–H groups in total. The normalized spacial score (nSPS) is 21.8. The van der Waals surface area contributed by atoms with Gasteiger partial charge in [-0.05, 0) is 32.3 Å². The number of carbonyl (C=O) groups excluding carboxylic acids is 1. The first kappa shape index (κ1) is 16.1. The van der Waals surface area contributed by atoms with Crippen LogP contribution in [0.1, 0.15) is 61.0 Å². The fourth-order valence-corrected chi connectivity index (χ4v) is 4.80. The van der Waals surface area contributed by atoms with Gasteiger partial charge in [0.1, 0.15) is 0 Å². The van der Waals surface area contributed by atoms with Crippen molar-refractivity contribution in [3.8, 4) is 0 Å². The number of carbonyl (C=O) groups is 1. The number of ketones is 1. The van der Waals surface area contributed by atoms with E-state index in [1.807, 2.05) is 30.3 Å². The first-order valence-electron chi connectivity index (χ1n) is 9.23. The van der Waals surface area contributed by atoms with Gasteiger partial charge in [0.2, 0.25) is 0 Å². The fraction of sp³-hybridized carbons (Fsp3) is 0.348. The molecule has 2 aliphatic rings. The highest BCUT2D eigenvalue weighted by Gasteiger charge is 2.51. The number of benzene rings is 2. The van der Waals surface area contributed by atoms with Gasteiger partial charge in [0, 0.05) is 33.9 Å². The standard InChI is InChI=1S/C23H25NO/c1-22(2)23(14-8-9-15-23)19-13-7-6-12-18(19)20(24-22)16-21(25)17-10-4-3-5-11-17/h3-7,10-13,16,24H,8-9,14-15H2,1-2H3/b20-16-. The smallest absolute Gasteiger partial charge is 0.187 e. The number of hydrogen-bond donors (Lipinski definition) is 1. The van der Waals surface area contributed by atoms with E-state index in [0.717, 1.165) is 11.3 Å². The molecule has 1 fully saturated rings. The molecule has 1 spiro atoms. The number of hydrogen-bond acceptors (Lipinski definition) is 2. The van der Waals surface area contributed by atoms with Gasteiger partial charge in [0.25, 0.3) is 0 Å². The molecule has 0 bridgehead atoms. The molecule has 1 aliphatic heterocycles. The maximum Gasteiger partial charge on any atom is 0.187 e. The van der Waals surface area contributed by atoms with Crippen molar-refractivity contribution in [2.75, 3.05) is 0 Å². The lowest BCUT2D eigenvalue weighted by atomic mass is 9.61. The Balaban J connectivity index is 1.82. The third-order valence-corrected chi connectivity index (χ3v) is 6.17. The summed E-state index contributed by atoms with van der Waals surface area (Å²) in [7, 11) is 0. The summed E-state index contributed by atoms with van der Waals surface area (Å²) in [5.41, 5.74) is 4.37. The van der Waals surface area contributed by atoms with E-state index in [-0.39, 0.29) is 16.7 Å². The molecule has 0 radical (unpaired) electrons. The average molecular weight is 331 g/mol. The van der Waals surface area contributed by atoms with Crippen LogP contribution >= 0.6 is 0 Å². The molecule has 2 aromatic rings. The maximum atomic E-state index is 12.7. The summed E-state index contributed by atoms with van der Waals surface area (Å²) in [6, 6.07) is 18.1. The van der Waals surface area contributed by atoms with Gasteiger partial charge in [-0.1, -0.05) is 67.4 Å². The molecule has 0 unspecified atom stereocenters. The van der Waals surface area contributed by atoms with E-state index in [4.69, 9.17) is 0 Å². The first-order valence-corrected chi connectivity index (χ1v) is 9.23. The molecule has 1 aliphatic carbocycles. The van der Waals surface area contributed by atoms with Crippen LogP contribution in [0.4, 0.5) is 0 Å². The second-order valence-corrected chi connectivity index (χ2v) is 7.87. The SMILES string of the molecule is CC1(C)N/C(=C\C(=O)c2ccccc2)c2ccccc2C12CCCC2. The van der Waals surface area contributed by atoms with E-state index in [1.165, 1.54) is 36.8 Å². The summed E-state index contributed by atoms with van der Waals surface area (Å²) in [4.78, 5) is 12.7. The maximum absolute atomic E-state index is 12.7. The molecule has 0 aromatic heterocycles. The van der Waals surface area contributed by atoms with Gasteiger partial charge < -0.3 is 5.32 Å². The fourth-order valence-electron chi connectivity index (χ4n) is 4.80. The van der Waals surface area contributed by atoms with Crippen LogP contribution in [0.15, 0.2) is 60.7 Å². The summed E-state index contributed by atoms with van der Waals surface area (Å²) in [5.74, 6) is 0.0519. The van der Waals surface area contributed by atoms with Gasteiger partial charge in [-0.3, -0.25) is 4.79 Å². The van der Waals surface area contributed by atoms with Crippen LogP contribution in [0.25, 0.3) is 5.70 Å². The molecule has 2 nitrogen and oxygen atoms in total. The summed E-state index contributed by atoms with van der Waals surface area (Å²) < 4.78 is 0. The Morgan fingerprint density at radius 2 is 1.60 bits per heavy atom. The quantitative estimate of drug-likeness (QED) is 0.612. The van der Waals surface area contributed by atoms with Crippen LogP contribution in [0.5, 0.6) is 0 Å². The number of rotatable bonds is 2. The molecular formula is C23H25NO. The van der Waals surface area contributed by atoms with E-state index in [0.29, 0.717) is 0 Å². The van der Waals surface area contributed by atoms with Crippen molar-refractivity contribution in [1.82, 2.24) is 5.32 Å². The lowest BCUT2D eigenvalue weighted by Crippen LogP contribution is -2.58. The Morgan fingerprint density at radius 3 is 2.32 bits per heavy atom. The van der Waals surface area contributed by atoms with Gasteiger partial charge in [0.05, 0.1) is 0 Å². The summed E-state index contributed by atoms with van der Waals surface area (Å²) in [5, 5.41) is 3.72. The van der Waals surface area contributed by atoms with Crippen LogP contribution in [-0.4, -0.2) is 11.3 Å². The summed E-state index contributed by atoms with van der Waals surface area (Å²) in [6.45, 7) is 4.57. The van der Waals surface area contributed by atoms with Crippen molar-refractivity contribution in [3.05, 3.63) is 77.4 Å². The Labute approximate surface area is 150 Å². The predicted octanol–water partition coefficient (Wildman–Crippen LogP) is 5.10. The minimum atomic E-state index is -0.0688. The molecule has 0 amide bonds. The number of allylic oxidation sites excluding steroid dienone is 1. The topological polar surface area (TPSA) is 29.1 Å². The second-order valence-electron chi connectivity index (χ2n) is 7.87. The van der Waals surface area contributed by atoms with Crippen LogP contribution in [0.3, 0.4) is 0 Å². The van der Waals surface area contributed by atoms with Crippen molar-refractivity contribution in [2.45, 2.75) is 50.5 Å². The lowest BCUT2D eigenvalue weighted by molar-refractivity contribution is 0.104. The molecule has 1 saturated carbocycles. The van der Waals surface area contributed by atoms with E-state index in [9.17, 15) is 4.79 Å². The molecule has 4 rings (SSSR count). The molecule has 1 heterocycles. The van der Waals surface area contributed by atoms with Gasteiger partial charge in [-0.2, -0.15) is 0 Å². The highest BCUT2D eigenvalue weighted by molar-refractivity contribution is 6.08. The average Bonchev–Trinajstić information content (AvgIpc) is 3.12. The molecular weight excluding hydrogens is 306 g/mol. The zero-order valence-electron chi connectivity index (χ0n) is 15.0. The van der Waals surface area contributed by atoms with Crippen LogP contribution in [-0.2, 0) is 5.41 Å². The molecule has 128 valence electrons. The minimum Gasteiger partial charge on any atom is -0.379 e. The third kappa shape index (κ3) is 2.52. The van der Waals surface area contributed by atoms with Crippen molar-refractivity contribution >= 4 is 11.5 Å². The van der Waals surface area contributed by atoms with E-state index in [2.05, 4.69) is 43.4 Å².